The van der Waals surface area contributed by atoms with E-state index in [0.29, 0.717) is 5.92 Å². The zero-order chi connectivity index (χ0) is 13.3. The Hall–Kier alpha value is -0.900. The zero-order valence-corrected chi connectivity index (χ0v) is 12.3. The second kappa shape index (κ2) is 5.39. The van der Waals surface area contributed by atoms with Crippen molar-refractivity contribution < 1.29 is 0 Å². The molecule has 4 heteroatoms. The van der Waals surface area contributed by atoms with Gasteiger partial charge >= 0.3 is 0 Å². The molecule has 0 spiro atoms. The van der Waals surface area contributed by atoms with Gasteiger partial charge in [0, 0.05) is 16.5 Å². The summed E-state index contributed by atoms with van der Waals surface area (Å²) >= 11 is 7.86. The van der Waals surface area contributed by atoms with Gasteiger partial charge in [-0.1, -0.05) is 43.6 Å². The molecule has 1 heterocycles. The summed E-state index contributed by atoms with van der Waals surface area (Å²) in [6, 6.07) is 7.80. The summed E-state index contributed by atoms with van der Waals surface area (Å²) in [4.78, 5) is 5.87. The molecule has 0 aliphatic rings. The lowest BCUT2D eigenvalue weighted by Crippen LogP contribution is -2.06. The molecule has 0 fully saturated rings. The summed E-state index contributed by atoms with van der Waals surface area (Å²) < 4.78 is 0. The predicted molar refractivity (Wildman–Crippen MR) is 79.3 cm³/mol. The fourth-order valence-corrected chi connectivity index (χ4v) is 3.33. The van der Waals surface area contributed by atoms with E-state index in [1.165, 1.54) is 0 Å². The first-order valence-corrected chi connectivity index (χ1v) is 7.21. The summed E-state index contributed by atoms with van der Waals surface area (Å²) in [6.45, 7) is 6.27. The Morgan fingerprint density at radius 2 is 1.89 bits per heavy atom. The fraction of sp³-hybridized carbons (Fsp3) is 0.357. The van der Waals surface area contributed by atoms with Crippen molar-refractivity contribution in [3.63, 3.8) is 0 Å². The predicted octanol–water partition coefficient (Wildman–Crippen LogP) is 4.61. The smallest absolute Gasteiger partial charge is 0.125 e. The van der Waals surface area contributed by atoms with Crippen molar-refractivity contribution in [2.75, 3.05) is 0 Å². The second-order valence-corrected chi connectivity index (χ2v) is 6.13. The van der Waals surface area contributed by atoms with Crippen LogP contribution in [0, 0.1) is 0 Å². The molecule has 0 aliphatic heterocycles. The minimum atomic E-state index is 0.0103. The van der Waals surface area contributed by atoms with Gasteiger partial charge in [-0.25, -0.2) is 4.98 Å². The Balaban J connectivity index is 2.54. The number of nitrogens with two attached hydrogens (primary N) is 1. The summed E-state index contributed by atoms with van der Waals surface area (Å²) in [7, 11) is 0. The molecule has 18 heavy (non-hydrogen) atoms. The van der Waals surface area contributed by atoms with E-state index in [-0.39, 0.29) is 6.04 Å². The van der Waals surface area contributed by atoms with Crippen LogP contribution in [0.1, 0.15) is 43.3 Å². The first-order chi connectivity index (χ1) is 8.50. The van der Waals surface area contributed by atoms with Crippen molar-refractivity contribution in [1.82, 2.24) is 4.98 Å². The van der Waals surface area contributed by atoms with E-state index in [4.69, 9.17) is 22.3 Å². The molecule has 2 nitrogen and oxygen atoms in total. The lowest BCUT2D eigenvalue weighted by Gasteiger charge is -2.07. The maximum Gasteiger partial charge on any atom is 0.125 e. The number of nitrogens with zero attached hydrogens (tertiary/aromatic N) is 1. The lowest BCUT2D eigenvalue weighted by molar-refractivity contribution is 0.763. The van der Waals surface area contributed by atoms with Crippen LogP contribution in [0.5, 0.6) is 0 Å². The number of hydrogen-bond donors (Lipinski definition) is 1. The van der Waals surface area contributed by atoms with Gasteiger partial charge in [-0.2, -0.15) is 0 Å². The van der Waals surface area contributed by atoms with Gasteiger partial charge in [0.15, 0.2) is 0 Å². The number of thiazole rings is 1. The number of halogens is 1. The van der Waals surface area contributed by atoms with Crippen molar-refractivity contribution in [1.29, 1.82) is 0 Å². The van der Waals surface area contributed by atoms with E-state index < -0.39 is 0 Å². The van der Waals surface area contributed by atoms with Crippen LogP contribution in [0.25, 0.3) is 10.6 Å². The molecule has 1 aromatic heterocycles. The highest BCUT2D eigenvalue weighted by atomic mass is 35.5. The van der Waals surface area contributed by atoms with E-state index in [9.17, 15) is 0 Å². The SMILES string of the molecule is CC(C)c1nc(-c2ccccc2Cl)sc1C(C)N. The van der Waals surface area contributed by atoms with Gasteiger partial charge in [0.25, 0.3) is 0 Å². The van der Waals surface area contributed by atoms with Gasteiger partial charge in [-0.05, 0) is 18.9 Å². The van der Waals surface area contributed by atoms with Crippen LogP contribution < -0.4 is 5.73 Å². The molecule has 1 unspecified atom stereocenters. The molecule has 0 bridgehead atoms. The Kier molecular flexibility index (Phi) is 4.05. The number of benzene rings is 1. The fourth-order valence-electron chi connectivity index (χ4n) is 1.83. The highest BCUT2D eigenvalue weighted by molar-refractivity contribution is 7.15. The van der Waals surface area contributed by atoms with Crippen LogP contribution in [0.15, 0.2) is 24.3 Å². The van der Waals surface area contributed by atoms with E-state index in [0.717, 1.165) is 26.2 Å². The molecular formula is C14H17ClN2S. The van der Waals surface area contributed by atoms with Crippen molar-refractivity contribution >= 4 is 22.9 Å². The highest BCUT2D eigenvalue weighted by Crippen LogP contribution is 2.37. The summed E-state index contributed by atoms with van der Waals surface area (Å²) in [5.74, 6) is 0.374. The molecule has 0 radical (unpaired) electrons. The molecule has 0 amide bonds. The number of hydrogen-bond acceptors (Lipinski definition) is 3. The third kappa shape index (κ3) is 2.58. The molecule has 96 valence electrons. The largest absolute Gasteiger partial charge is 0.323 e. The Bertz CT molecular complexity index is 521. The van der Waals surface area contributed by atoms with Gasteiger partial charge in [0.05, 0.1) is 10.7 Å². The first-order valence-electron chi connectivity index (χ1n) is 6.01. The van der Waals surface area contributed by atoms with Crippen LogP contribution in [0.3, 0.4) is 0 Å². The molecule has 2 rings (SSSR count). The van der Waals surface area contributed by atoms with Gasteiger partial charge in [-0.3, -0.25) is 0 Å². The maximum absolute atomic E-state index is 6.21. The van der Waals surface area contributed by atoms with Crippen LogP contribution in [0.4, 0.5) is 0 Å². The first kappa shape index (κ1) is 13.5. The number of rotatable bonds is 3. The molecule has 2 N–H and O–H groups in total. The van der Waals surface area contributed by atoms with Crippen LogP contribution in [-0.2, 0) is 0 Å². The van der Waals surface area contributed by atoms with Crippen LogP contribution in [-0.4, -0.2) is 4.98 Å². The quantitative estimate of drug-likeness (QED) is 0.892. The third-order valence-electron chi connectivity index (χ3n) is 2.75. The minimum Gasteiger partial charge on any atom is -0.323 e. The lowest BCUT2D eigenvalue weighted by atomic mass is 10.1. The zero-order valence-electron chi connectivity index (χ0n) is 10.8. The highest BCUT2D eigenvalue weighted by Gasteiger charge is 2.18. The standard InChI is InChI=1S/C14H17ClN2S/c1-8(2)12-13(9(3)16)18-14(17-12)10-6-4-5-7-11(10)15/h4-9H,16H2,1-3H3. The van der Waals surface area contributed by atoms with Crippen molar-refractivity contribution in [3.05, 3.63) is 39.9 Å². The van der Waals surface area contributed by atoms with Gasteiger partial charge < -0.3 is 5.73 Å². The van der Waals surface area contributed by atoms with Crippen LogP contribution >= 0.6 is 22.9 Å². The van der Waals surface area contributed by atoms with Crippen LogP contribution in [0.2, 0.25) is 5.02 Å². The molecule has 0 saturated heterocycles. The van der Waals surface area contributed by atoms with Gasteiger partial charge in [-0.15, -0.1) is 11.3 Å². The minimum absolute atomic E-state index is 0.0103. The second-order valence-electron chi connectivity index (χ2n) is 4.69. The Labute approximate surface area is 117 Å². The van der Waals surface area contributed by atoms with Crippen molar-refractivity contribution in [2.24, 2.45) is 5.73 Å². The Morgan fingerprint density at radius 1 is 1.22 bits per heavy atom. The monoisotopic (exact) mass is 280 g/mol. The molecular weight excluding hydrogens is 264 g/mol. The van der Waals surface area contributed by atoms with Crippen molar-refractivity contribution in [3.8, 4) is 10.6 Å². The molecule has 0 aliphatic carbocycles. The summed E-state index contributed by atoms with van der Waals surface area (Å²) in [5, 5.41) is 1.69. The maximum atomic E-state index is 6.21. The van der Waals surface area contributed by atoms with E-state index in [2.05, 4.69) is 13.8 Å². The normalized spacial score (nSPS) is 13.0. The summed E-state index contributed by atoms with van der Waals surface area (Å²) in [5.41, 5.74) is 8.09. The number of aromatic nitrogens is 1. The van der Waals surface area contributed by atoms with Crippen molar-refractivity contribution in [2.45, 2.75) is 32.7 Å². The summed E-state index contributed by atoms with van der Waals surface area (Å²) in [6.07, 6.45) is 0. The topological polar surface area (TPSA) is 38.9 Å². The van der Waals surface area contributed by atoms with E-state index in [1.54, 1.807) is 11.3 Å². The van der Waals surface area contributed by atoms with Gasteiger partial charge in [0.2, 0.25) is 0 Å². The molecule has 0 saturated carbocycles. The molecule has 1 aromatic carbocycles. The van der Waals surface area contributed by atoms with E-state index >= 15 is 0 Å². The third-order valence-corrected chi connectivity index (χ3v) is 4.38. The average molecular weight is 281 g/mol. The van der Waals surface area contributed by atoms with Gasteiger partial charge in [0.1, 0.15) is 5.01 Å². The average Bonchev–Trinajstić information content (AvgIpc) is 2.74. The van der Waals surface area contributed by atoms with E-state index in [1.807, 2.05) is 31.2 Å². The Morgan fingerprint density at radius 3 is 2.39 bits per heavy atom. The molecule has 1 atom stereocenters. The molecule has 2 aromatic rings.